The highest BCUT2D eigenvalue weighted by molar-refractivity contribution is 8.00. The molecule has 0 aliphatic heterocycles. The molecule has 1 heterocycles. The van der Waals surface area contributed by atoms with E-state index in [-0.39, 0.29) is 5.91 Å². The van der Waals surface area contributed by atoms with Crippen LogP contribution in [0.5, 0.6) is 0 Å². The van der Waals surface area contributed by atoms with Gasteiger partial charge in [-0.2, -0.15) is 0 Å². The van der Waals surface area contributed by atoms with Crippen molar-refractivity contribution < 1.29 is 4.79 Å². The molecule has 0 radical (unpaired) electrons. The minimum Gasteiger partial charge on any atom is -0.325 e. The molecule has 4 nitrogen and oxygen atoms in total. The van der Waals surface area contributed by atoms with Gasteiger partial charge in [0.1, 0.15) is 5.03 Å². The van der Waals surface area contributed by atoms with Gasteiger partial charge in [0.15, 0.2) is 5.82 Å². The quantitative estimate of drug-likeness (QED) is 0.460. The van der Waals surface area contributed by atoms with E-state index in [2.05, 4.69) is 18.3 Å². The van der Waals surface area contributed by atoms with Crippen molar-refractivity contribution in [3.05, 3.63) is 70.9 Å². The standard InChI is InChI=1S/C24H25N3OS/c1-16-12-13-20(17(2)14-16)25-22(28)15-29-24-19-10-6-7-11-21(19)26-23(27-24)18-8-4-3-5-9-18/h3-5,8-9,12-14H,6-7,10-11,15H2,1-2H3,(H,25,28). The highest BCUT2D eigenvalue weighted by Gasteiger charge is 2.19. The van der Waals surface area contributed by atoms with Crippen molar-refractivity contribution in [1.29, 1.82) is 0 Å². The molecule has 0 saturated heterocycles. The third-order valence-electron chi connectivity index (χ3n) is 5.17. The highest BCUT2D eigenvalue weighted by Crippen LogP contribution is 2.31. The second-order valence-electron chi connectivity index (χ2n) is 7.51. The lowest BCUT2D eigenvalue weighted by Gasteiger charge is -2.19. The van der Waals surface area contributed by atoms with Crippen molar-refractivity contribution in [2.75, 3.05) is 11.1 Å². The summed E-state index contributed by atoms with van der Waals surface area (Å²) in [5.74, 6) is 1.08. The fraction of sp³-hybridized carbons (Fsp3) is 0.292. The molecule has 5 heteroatoms. The van der Waals surface area contributed by atoms with Gasteiger partial charge in [-0.3, -0.25) is 4.79 Å². The molecule has 3 aromatic rings. The molecule has 1 N–H and O–H groups in total. The topological polar surface area (TPSA) is 54.9 Å². The van der Waals surface area contributed by atoms with E-state index < -0.39 is 0 Å². The summed E-state index contributed by atoms with van der Waals surface area (Å²) < 4.78 is 0. The zero-order chi connectivity index (χ0) is 20.2. The summed E-state index contributed by atoms with van der Waals surface area (Å²) in [7, 11) is 0. The predicted molar refractivity (Wildman–Crippen MR) is 119 cm³/mol. The Hall–Kier alpha value is -2.66. The molecule has 1 aromatic heterocycles. The molecule has 1 aliphatic rings. The van der Waals surface area contributed by atoms with E-state index in [0.29, 0.717) is 5.75 Å². The summed E-state index contributed by atoms with van der Waals surface area (Å²) in [6.07, 6.45) is 4.30. The molecule has 0 unspecified atom stereocenters. The lowest BCUT2D eigenvalue weighted by Crippen LogP contribution is -2.16. The van der Waals surface area contributed by atoms with Gasteiger partial charge in [-0.25, -0.2) is 9.97 Å². The summed E-state index contributed by atoms with van der Waals surface area (Å²) >= 11 is 1.52. The van der Waals surface area contributed by atoms with Gasteiger partial charge in [-0.15, -0.1) is 0 Å². The molecule has 1 aliphatic carbocycles. The van der Waals surface area contributed by atoms with Crippen molar-refractivity contribution in [2.45, 2.75) is 44.6 Å². The Morgan fingerprint density at radius 2 is 1.83 bits per heavy atom. The van der Waals surface area contributed by atoms with Gasteiger partial charge in [-0.1, -0.05) is 59.8 Å². The molecule has 148 valence electrons. The van der Waals surface area contributed by atoms with Crippen LogP contribution in [0, 0.1) is 13.8 Å². The SMILES string of the molecule is Cc1ccc(NC(=O)CSc2nc(-c3ccccc3)nc3c2CCCC3)c(C)c1. The van der Waals surface area contributed by atoms with Crippen LogP contribution in [0.3, 0.4) is 0 Å². The second-order valence-corrected chi connectivity index (χ2v) is 8.47. The Kier molecular flexibility index (Phi) is 5.95. The van der Waals surface area contributed by atoms with Crippen LogP contribution >= 0.6 is 11.8 Å². The first kappa shape index (κ1) is 19.6. The van der Waals surface area contributed by atoms with Crippen LogP contribution in [0.2, 0.25) is 0 Å². The zero-order valence-corrected chi connectivity index (χ0v) is 17.7. The van der Waals surface area contributed by atoms with Crippen molar-refractivity contribution in [2.24, 2.45) is 0 Å². The van der Waals surface area contributed by atoms with E-state index >= 15 is 0 Å². The molecule has 29 heavy (non-hydrogen) atoms. The molecule has 4 rings (SSSR count). The van der Waals surface area contributed by atoms with E-state index in [0.717, 1.165) is 59.0 Å². The van der Waals surface area contributed by atoms with E-state index in [9.17, 15) is 4.79 Å². The van der Waals surface area contributed by atoms with Crippen LogP contribution in [-0.2, 0) is 17.6 Å². The van der Waals surface area contributed by atoms with Crippen LogP contribution in [0.25, 0.3) is 11.4 Å². The number of thioether (sulfide) groups is 1. The fourth-order valence-electron chi connectivity index (χ4n) is 3.67. The van der Waals surface area contributed by atoms with Crippen molar-refractivity contribution in [3.63, 3.8) is 0 Å². The van der Waals surface area contributed by atoms with Gasteiger partial charge in [0.25, 0.3) is 0 Å². The van der Waals surface area contributed by atoms with E-state index in [4.69, 9.17) is 9.97 Å². The summed E-state index contributed by atoms with van der Waals surface area (Å²) in [6, 6.07) is 16.1. The molecule has 2 aromatic carbocycles. The molecular formula is C24H25N3OS. The Morgan fingerprint density at radius 1 is 1.03 bits per heavy atom. The van der Waals surface area contributed by atoms with Crippen LogP contribution < -0.4 is 5.32 Å². The third-order valence-corrected chi connectivity index (χ3v) is 6.19. The molecule has 0 atom stereocenters. The van der Waals surface area contributed by atoms with Crippen LogP contribution in [-0.4, -0.2) is 21.6 Å². The van der Waals surface area contributed by atoms with Gasteiger partial charge >= 0.3 is 0 Å². The largest absolute Gasteiger partial charge is 0.325 e. The summed E-state index contributed by atoms with van der Waals surface area (Å²) in [5.41, 5.74) is 6.52. The Labute approximate surface area is 176 Å². The van der Waals surface area contributed by atoms with E-state index in [1.807, 2.05) is 49.4 Å². The maximum absolute atomic E-state index is 12.6. The Morgan fingerprint density at radius 3 is 2.62 bits per heavy atom. The molecule has 0 bridgehead atoms. The average Bonchev–Trinajstić information content (AvgIpc) is 2.74. The van der Waals surface area contributed by atoms with Crippen molar-refractivity contribution in [3.8, 4) is 11.4 Å². The maximum Gasteiger partial charge on any atom is 0.234 e. The number of nitrogens with zero attached hydrogens (tertiary/aromatic N) is 2. The summed E-state index contributed by atoms with van der Waals surface area (Å²) in [6.45, 7) is 4.07. The van der Waals surface area contributed by atoms with E-state index in [1.165, 1.54) is 22.9 Å². The van der Waals surface area contributed by atoms with Crippen LogP contribution in [0.15, 0.2) is 53.6 Å². The number of nitrogens with one attached hydrogen (secondary N) is 1. The van der Waals surface area contributed by atoms with Gasteiger partial charge in [0.05, 0.1) is 5.75 Å². The van der Waals surface area contributed by atoms with Gasteiger partial charge in [0, 0.05) is 22.5 Å². The second kappa shape index (κ2) is 8.78. The number of amides is 1. The normalized spacial score (nSPS) is 13.0. The number of carbonyl (C=O) groups excluding carboxylic acids is 1. The van der Waals surface area contributed by atoms with Gasteiger partial charge in [-0.05, 0) is 51.2 Å². The minimum absolute atomic E-state index is 0.00798. The number of carbonyl (C=O) groups is 1. The zero-order valence-electron chi connectivity index (χ0n) is 16.9. The van der Waals surface area contributed by atoms with E-state index in [1.54, 1.807) is 0 Å². The first-order valence-corrected chi connectivity index (χ1v) is 11.0. The van der Waals surface area contributed by atoms with Gasteiger partial charge < -0.3 is 5.32 Å². The maximum atomic E-state index is 12.6. The van der Waals surface area contributed by atoms with Gasteiger partial charge in [0.2, 0.25) is 5.91 Å². The molecular weight excluding hydrogens is 378 g/mol. The monoisotopic (exact) mass is 403 g/mol. The highest BCUT2D eigenvalue weighted by atomic mass is 32.2. The number of fused-ring (bicyclic) bond motifs is 1. The lowest BCUT2D eigenvalue weighted by molar-refractivity contribution is -0.113. The first-order chi connectivity index (χ1) is 14.1. The first-order valence-electron chi connectivity index (χ1n) is 10.1. The number of anilines is 1. The number of aryl methyl sites for hydroxylation is 3. The fourth-order valence-corrected chi connectivity index (χ4v) is 4.55. The van der Waals surface area contributed by atoms with Crippen molar-refractivity contribution >= 4 is 23.4 Å². The average molecular weight is 404 g/mol. The van der Waals surface area contributed by atoms with Crippen molar-refractivity contribution in [1.82, 2.24) is 9.97 Å². The smallest absolute Gasteiger partial charge is 0.234 e. The molecule has 1 amide bonds. The van der Waals surface area contributed by atoms with Crippen LogP contribution in [0.1, 0.15) is 35.2 Å². The third kappa shape index (κ3) is 4.67. The van der Waals surface area contributed by atoms with Crippen LogP contribution in [0.4, 0.5) is 5.69 Å². The number of hydrogen-bond acceptors (Lipinski definition) is 4. The minimum atomic E-state index is -0.00798. The molecule has 0 fully saturated rings. The Balaban J connectivity index is 1.53. The summed E-state index contributed by atoms with van der Waals surface area (Å²) in [4.78, 5) is 22.2. The number of aromatic nitrogens is 2. The number of hydrogen-bond donors (Lipinski definition) is 1. The lowest BCUT2D eigenvalue weighted by atomic mass is 9.97. The number of benzene rings is 2. The number of rotatable bonds is 5. The molecule has 0 saturated carbocycles. The Bertz CT molecular complexity index is 1030. The predicted octanol–water partition coefficient (Wildman–Crippen LogP) is 5.37. The molecule has 0 spiro atoms. The summed E-state index contributed by atoms with van der Waals surface area (Å²) in [5, 5.41) is 3.98.